The Morgan fingerprint density at radius 2 is 1.25 bits per heavy atom. The van der Waals surface area contributed by atoms with Gasteiger partial charge in [-0.15, -0.1) is 18.5 Å². The molecule has 0 aliphatic rings. The molecule has 0 rings (SSSR count). The number of rotatable bonds is 0. The largest absolute Gasteiger partial charge is 0.114 e. The molecular formula is C2H6P2. The maximum atomic E-state index is 2.45. The first-order valence-electron chi connectivity index (χ1n) is 1.00. The second-order valence-corrected chi connectivity index (χ2v) is 1.15. The molecule has 2 heteroatoms. The molecule has 0 aromatic heterocycles. The van der Waals surface area contributed by atoms with Crippen molar-refractivity contribution in [2.75, 3.05) is 0 Å². The summed E-state index contributed by atoms with van der Waals surface area (Å²) in [5.74, 6) is 3.76. The Morgan fingerprint density at radius 1 is 1.00 bits per heavy atom. The van der Waals surface area contributed by atoms with Gasteiger partial charge < -0.3 is 0 Å². The predicted octanol–water partition coefficient (Wildman–Crippen LogP) is 1.21. The zero-order chi connectivity index (χ0) is 3.41. The Morgan fingerprint density at radius 3 is 1.25 bits per heavy atom. The highest BCUT2D eigenvalue weighted by molar-refractivity contribution is 7.25. The van der Waals surface area contributed by atoms with Crippen LogP contribution in [-0.4, -0.2) is 0 Å². The SMILES string of the molecule is PC=CP. The standard InChI is InChI=1S/C2H6P2/c3-1-2-4/h1-2H,3-4H2. The van der Waals surface area contributed by atoms with Gasteiger partial charge >= 0.3 is 0 Å². The van der Waals surface area contributed by atoms with Crippen molar-refractivity contribution in [1.29, 1.82) is 0 Å². The van der Waals surface area contributed by atoms with E-state index in [4.69, 9.17) is 0 Å². The molecule has 0 N–H and O–H groups in total. The molecule has 0 aromatic rings. The topological polar surface area (TPSA) is 0 Å². The monoisotopic (exact) mass is 92.0 g/mol. The minimum Gasteiger partial charge on any atom is -0.114 e. The highest BCUT2D eigenvalue weighted by Gasteiger charge is 1.33. The van der Waals surface area contributed by atoms with E-state index in [1.807, 2.05) is 11.6 Å². The van der Waals surface area contributed by atoms with E-state index in [0.717, 1.165) is 0 Å². The van der Waals surface area contributed by atoms with Crippen LogP contribution in [0.15, 0.2) is 11.6 Å². The number of hydrogen-bond donors (Lipinski definition) is 0. The molecule has 2 unspecified atom stereocenters. The summed E-state index contributed by atoms with van der Waals surface area (Å²) in [7, 11) is 4.91. The molecule has 0 aliphatic carbocycles. The molecule has 0 bridgehead atoms. The molecule has 0 fully saturated rings. The van der Waals surface area contributed by atoms with Gasteiger partial charge in [-0.25, -0.2) is 0 Å². The van der Waals surface area contributed by atoms with Gasteiger partial charge in [0.1, 0.15) is 0 Å². The van der Waals surface area contributed by atoms with Crippen molar-refractivity contribution in [1.82, 2.24) is 0 Å². The van der Waals surface area contributed by atoms with Crippen LogP contribution in [0.1, 0.15) is 0 Å². The molecule has 0 nitrogen and oxygen atoms in total. The lowest BCUT2D eigenvalue weighted by molar-refractivity contribution is 2.58. The van der Waals surface area contributed by atoms with Crippen LogP contribution in [0.25, 0.3) is 0 Å². The van der Waals surface area contributed by atoms with Crippen LogP contribution in [0.2, 0.25) is 0 Å². The van der Waals surface area contributed by atoms with Gasteiger partial charge in [0.25, 0.3) is 0 Å². The Labute approximate surface area is 31.1 Å². The molecule has 0 saturated carbocycles. The van der Waals surface area contributed by atoms with E-state index >= 15 is 0 Å². The van der Waals surface area contributed by atoms with Gasteiger partial charge in [-0.05, 0) is 0 Å². The van der Waals surface area contributed by atoms with Crippen LogP contribution in [0.4, 0.5) is 0 Å². The molecule has 0 radical (unpaired) electrons. The lowest BCUT2D eigenvalue weighted by Gasteiger charge is -1.50. The van der Waals surface area contributed by atoms with E-state index in [2.05, 4.69) is 18.5 Å². The van der Waals surface area contributed by atoms with Crippen LogP contribution < -0.4 is 0 Å². The van der Waals surface area contributed by atoms with E-state index in [-0.39, 0.29) is 0 Å². The highest BCUT2D eigenvalue weighted by atomic mass is 31.0. The molecule has 0 aromatic carbocycles. The third-order valence-electron chi connectivity index (χ3n) is 0.111. The van der Waals surface area contributed by atoms with Gasteiger partial charge in [-0.2, -0.15) is 0 Å². The van der Waals surface area contributed by atoms with Crippen LogP contribution in [0.5, 0.6) is 0 Å². The predicted molar refractivity (Wildman–Crippen MR) is 28.6 cm³/mol. The Hall–Kier alpha value is 0.600. The van der Waals surface area contributed by atoms with E-state index in [0.29, 0.717) is 0 Å². The summed E-state index contributed by atoms with van der Waals surface area (Å²) < 4.78 is 0. The number of hydrogen-bond acceptors (Lipinski definition) is 0. The summed E-state index contributed by atoms with van der Waals surface area (Å²) >= 11 is 0. The van der Waals surface area contributed by atoms with Gasteiger partial charge in [0.2, 0.25) is 0 Å². The van der Waals surface area contributed by atoms with Crippen LogP contribution in [0, 0.1) is 0 Å². The summed E-state index contributed by atoms with van der Waals surface area (Å²) in [6.45, 7) is 0. The first-order chi connectivity index (χ1) is 1.91. The molecule has 0 saturated heterocycles. The Kier molecular flexibility index (Phi) is 4.14. The van der Waals surface area contributed by atoms with Crippen LogP contribution in [-0.2, 0) is 0 Å². The van der Waals surface area contributed by atoms with Crippen molar-refractivity contribution in [2.24, 2.45) is 0 Å². The average Bonchev–Trinajstić information content (AvgIpc) is 1.37. The van der Waals surface area contributed by atoms with E-state index < -0.39 is 0 Å². The lowest BCUT2D eigenvalue weighted by Crippen LogP contribution is -1.07. The third kappa shape index (κ3) is 2.60. The van der Waals surface area contributed by atoms with Crippen LogP contribution >= 0.6 is 18.5 Å². The molecule has 24 valence electrons. The maximum Gasteiger partial charge on any atom is -0.0663 e. The summed E-state index contributed by atoms with van der Waals surface area (Å²) in [5, 5.41) is 0. The molecular weight excluding hydrogens is 86.0 g/mol. The van der Waals surface area contributed by atoms with Gasteiger partial charge in [0.05, 0.1) is 0 Å². The smallest absolute Gasteiger partial charge is 0.0663 e. The minimum absolute atomic E-state index is 1.88. The molecule has 0 heterocycles. The fraction of sp³-hybridized carbons (Fsp3) is 0. The van der Waals surface area contributed by atoms with Crippen molar-refractivity contribution in [3.05, 3.63) is 11.6 Å². The minimum atomic E-state index is 1.88. The lowest BCUT2D eigenvalue weighted by atomic mass is 11.3. The van der Waals surface area contributed by atoms with E-state index in [1.165, 1.54) is 0 Å². The average molecular weight is 92.0 g/mol. The van der Waals surface area contributed by atoms with Crippen molar-refractivity contribution >= 4 is 18.5 Å². The van der Waals surface area contributed by atoms with Gasteiger partial charge in [0, 0.05) is 0 Å². The first-order valence-corrected chi connectivity index (χ1v) is 2.33. The molecule has 4 heavy (non-hydrogen) atoms. The molecule has 0 spiro atoms. The Balaban J connectivity index is 2.55. The zero-order valence-corrected chi connectivity index (χ0v) is 4.62. The summed E-state index contributed by atoms with van der Waals surface area (Å²) in [6.07, 6.45) is 0. The van der Waals surface area contributed by atoms with Gasteiger partial charge in [-0.3, -0.25) is 0 Å². The van der Waals surface area contributed by atoms with Gasteiger partial charge in [-0.1, -0.05) is 11.6 Å². The molecule has 0 aliphatic heterocycles. The first kappa shape index (κ1) is 4.60. The van der Waals surface area contributed by atoms with Gasteiger partial charge in [0.15, 0.2) is 0 Å². The molecule has 2 atom stereocenters. The highest BCUT2D eigenvalue weighted by Crippen LogP contribution is 1.86. The van der Waals surface area contributed by atoms with Crippen molar-refractivity contribution in [3.8, 4) is 0 Å². The second-order valence-electron chi connectivity index (χ2n) is 0.385. The normalized spacial score (nSPS) is 9.50. The summed E-state index contributed by atoms with van der Waals surface area (Å²) in [6, 6.07) is 0. The zero-order valence-electron chi connectivity index (χ0n) is 2.31. The van der Waals surface area contributed by atoms with Crippen LogP contribution in [0.3, 0.4) is 0 Å². The fourth-order valence-electron chi connectivity index (χ4n) is 0. The quantitative estimate of drug-likeness (QED) is 0.394. The maximum absolute atomic E-state index is 2.45. The van der Waals surface area contributed by atoms with Crippen molar-refractivity contribution in [2.45, 2.75) is 0 Å². The fourth-order valence-corrected chi connectivity index (χ4v) is 0. The third-order valence-corrected chi connectivity index (χ3v) is 1.00. The van der Waals surface area contributed by atoms with E-state index in [1.54, 1.807) is 0 Å². The van der Waals surface area contributed by atoms with Crippen molar-refractivity contribution < 1.29 is 0 Å². The molecule has 0 amide bonds. The summed E-state index contributed by atoms with van der Waals surface area (Å²) in [5.41, 5.74) is 0. The van der Waals surface area contributed by atoms with E-state index in [9.17, 15) is 0 Å². The Bertz CT molecular complexity index is 19.2. The summed E-state index contributed by atoms with van der Waals surface area (Å²) in [4.78, 5) is 0. The van der Waals surface area contributed by atoms with Crippen molar-refractivity contribution in [3.63, 3.8) is 0 Å². The second kappa shape index (κ2) is 3.60.